The lowest BCUT2D eigenvalue weighted by molar-refractivity contribution is -0.163. The number of pyridine rings is 1. The number of hydrogen-bond donors (Lipinski definition) is 3. The molecule has 1 aromatic carbocycles. The molecule has 262 valence electrons. The molecule has 1 saturated carbocycles. The van der Waals surface area contributed by atoms with Crippen molar-refractivity contribution in [3.8, 4) is 11.5 Å². The third-order valence-corrected chi connectivity index (χ3v) is 8.73. The molecule has 3 amide bonds. The monoisotopic (exact) mass is 671 g/mol. The number of rotatable bonds is 15. The number of carboxylic acids is 2. The number of carbonyl (C=O) groups excluding carboxylic acids is 3. The Bertz CT molecular complexity index is 1520. The Kier molecular flexibility index (Phi) is 11.9. The first-order valence-corrected chi connectivity index (χ1v) is 16.5. The van der Waals surface area contributed by atoms with Gasteiger partial charge in [-0.25, -0.2) is 14.6 Å². The van der Waals surface area contributed by atoms with E-state index >= 15 is 0 Å². The molecule has 2 heterocycles. The third kappa shape index (κ3) is 7.82. The van der Waals surface area contributed by atoms with Crippen LogP contribution < -0.4 is 19.7 Å². The summed E-state index contributed by atoms with van der Waals surface area (Å²) >= 11 is 0. The van der Waals surface area contributed by atoms with Gasteiger partial charge in [-0.1, -0.05) is 0 Å². The van der Waals surface area contributed by atoms with Gasteiger partial charge in [0.1, 0.15) is 6.04 Å². The number of ether oxygens (including phenoxy) is 3. The van der Waals surface area contributed by atoms with Crippen molar-refractivity contribution in [3.05, 3.63) is 23.9 Å². The first kappa shape index (κ1) is 36.0. The number of carbonyl (C=O) groups is 5. The molecule has 1 atom stereocenters. The van der Waals surface area contributed by atoms with Crippen LogP contribution in [0.25, 0.3) is 10.9 Å². The number of anilines is 1. The molecule has 1 aliphatic carbocycles. The zero-order valence-corrected chi connectivity index (χ0v) is 28.0. The number of amides is 3. The second-order valence-electron chi connectivity index (χ2n) is 11.7. The molecular weight excluding hydrogens is 626 g/mol. The van der Waals surface area contributed by atoms with Crippen LogP contribution in [-0.4, -0.2) is 119 Å². The van der Waals surface area contributed by atoms with E-state index in [1.165, 1.54) is 9.80 Å². The van der Waals surface area contributed by atoms with Gasteiger partial charge in [0.05, 0.1) is 18.7 Å². The Morgan fingerprint density at radius 2 is 1.62 bits per heavy atom. The fourth-order valence-electron chi connectivity index (χ4n) is 5.87. The largest absolute Gasteiger partial charge is 0.488 e. The van der Waals surface area contributed by atoms with Gasteiger partial charge in [0.2, 0.25) is 11.5 Å². The Balaban J connectivity index is 1.74. The first-order chi connectivity index (χ1) is 23.0. The van der Waals surface area contributed by atoms with Crippen molar-refractivity contribution in [2.75, 3.05) is 57.4 Å². The smallest absolute Gasteiger partial charge is 0.409 e. The SMILES string of the molecule is CCOC(=O)N1CCN(C(=O)C(CCC(=O)O)NC(=O)c2nc3cc(N(CC)CC)ccc3c(OC3(C(=O)O)CCC3)c2OCC)CC1. The van der Waals surface area contributed by atoms with Gasteiger partial charge < -0.3 is 44.4 Å². The molecule has 3 N–H and O–H groups in total. The second-order valence-corrected chi connectivity index (χ2v) is 11.7. The van der Waals surface area contributed by atoms with E-state index in [0.717, 1.165) is 5.69 Å². The van der Waals surface area contributed by atoms with Gasteiger partial charge in [-0.05, 0) is 71.6 Å². The maximum Gasteiger partial charge on any atom is 0.409 e. The normalized spacial score (nSPS) is 16.0. The number of carboxylic acid groups (broad SMARTS) is 2. The summed E-state index contributed by atoms with van der Waals surface area (Å²) in [6, 6.07) is 4.18. The lowest BCUT2D eigenvalue weighted by atomic mass is 9.80. The van der Waals surface area contributed by atoms with E-state index in [4.69, 9.17) is 14.2 Å². The van der Waals surface area contributed by atoms with Crippen molar-refractivity contribution < 1.29 is 48.4 Å². The summed E-state index contributed by atoms with van der Waals surface area (Å²) in [4.78, 5) is 73.5. The number of aromatic nitrogens is 1. The minimum atomic E-state index is -1.50. The highest BCUT2D eigenvalue weighted by molar-refractivity contribution is 6.03. The highest BCUT2D eigenvalue weighted by atomic mass is 16.6. The van der Waals surface area contributed by atoms with Crippen LogP contribution in [-0.2, 0) is 19.1 Å². The van der Waals surface area contributed by atoms with Crippen LogP contribution in [0, 0.1) is 0 Å². The van der Waals surface area contributed by atoms with Gasteiger partial charge in [-0.3, -0.25) is 14.4 Å². The highest BCUT2D eigenvalue weighted by Crippen LogP contribution is 2.45. The summed E-state index contributed by atoms with van der Waals surface area (Å²) in [6.45, 7) is 9.89. The van der Waals surface area contributed by atoms with E-state index < -0.39 is 47.9 Å². The molecule has 2 aromatic rings. The second kappa shape index (κ2) is 15.8. The molecule has 0 bridgehead atoms. The molecule has 4 rings (SSSR count). The highest BCUT2D eigenvalue weighted by Gasteiger charge is 2.48. The van der Waals surface area contributed by atoms with Crippen molar-refractivity contribution in [3.63, 3.8) is 0 Å². The van der Waals surface area contributed by atoms with Crippen LogP contribution in [0.3, 0.4) is 0 Å². The predicted octanol–water partition coefficient (Wildman–Crippen LogP) is 3.13. The average molecular weight is 672 g/mol. The Labute approximate surface area is 279 Å². The number of benzene rings is 1. The Hall–Kier alpha value is -4.82. The lowest BCUT2D eigenvalue weighted by Gasteiger charge is -2.38. The van der Waals surface area contributed by atoms with Crippen molar-refractivity contribution in [1.29, 1.82) is 0 Å². The van der Waals surface area contributed by atoms with Gasteiger partial charge in [-0.2, -0.15) is 0 Å². The van der Waals surface area contributed by atoms with E-state index in [1.807, 2.05) is 19.9 Å². The zero-order valence-electron chi connectivity index (χ0n) is 28.0. The van der Waals surface area contributed by atoms with Crippen LogP contribution in [0.5, 0.6) is 11.5 Å². The number of hydrogen-bond acceptors (Lipinski definition) is 10. The van der Waals surface area contributed by atoms with Crippen molar-refractivity contribution in [1.82, 2.24) is 20.1 Å². The number of nitrogens with zero attached hydrogens (tertiary/aromatic N) is 4. The maximum absolute atomic E-state index is 14.1. The molecule has 2 fully saturated rings. The molecular formula is C33H45N5O10. The molecule has 1 unspecified atom stereocenters. The molecule has 1 saturated heterocycles. The van der Waals surface area contributed by atoms with Gasteiger partial charge in [-0.15, -0.1) is 0 Å². The molecule has 15 heteroatoms. The maximum atomic E-state index is 14.1. The van der Waals surface area contributed by atoms with Gasteiger partial charge in [0.15, 0.2) is 17.2 Å². The van der Waals surface area contributed by atoms with E-state index in [1.54, 1.807) is 26.0 Å². The van der Waals surface area contributed by atoms with Crippen LogP contribution in [0.15, 0.2) is 18.2 Å². The number of fused-ring (bicyclic) bond motifs is 1. The van der Waals surface area contributed by atoms with Crippen LogP contribution in [0.2, 0.25) is 0 Å². The molecule has 0 radical (unpaired) electrons. The van der Waals surface area contributed by atoms with Gasteiger partial charge in [0, 0.05) is 56.8 Å². The number of aliphatic carboxylic acids is 2. The first-order valence-electron chi connectivity index (χ1n) is 16.5. The van der Waals surface area contributed by atoms with E-state index in [-0.39, 0.29) is 75.8 Å². The minimum Gasteiger partial charge on any atom is -0.488 e. The minimum absolute atomic E-state index is 0.0590. The summed E-state index contributed by atoms with van der Waals surface area (Å²) in [7, 11) is 0. The molecule has 1 aliphatic heterocycles. The number of nitrogens with one attached hydrogen (secondary N) is 1. The number of piperazine rings is 1. The standard InChI is InChI=1S/C33H45N5O10/c1-5-36(6-2)21-10-11-22-24(20-21)34-26(28(46-7-3)27(22)48-33(31(43)44)14-9-15-33)29(41)35-23(12-13-25(39)40)30(42)37-16-18-38(19-17-37)32(45)47-8-4/h10-11,20,23H,5-9,12-19H2,1-4H3,(H,35,41)(H,39,40)(H,43,44). The van der Waals surface area contributed by atoms with Gasteiger partial charge in [0.25, 0.3) is 5.91 Å². The van der Waals surface area contributed by atoms with E-state index in [2.05, 4.69) is 15.2 Å². The van der Waals surface area contributed by atoms with Crippen molar-refractivity contribution >= 4 is 46.4 Å². The Morgan fingerprint density at radius 1 is 0.958 bits per heavy atom. The van der Waals surface area contributed by atoms with Crippen LogP contribution >= 0.6 is 0 Å². The summed E-state index contributed by atoms with van der Waals surface area (Å²) in [5, 5.41) is 22.6. The molecule has 15 nitrogen and oxygen atoms in total. The lowest BCUT2D eigenvalue weighted by Crippen LogP contribution is -2.56. The van der Waals surface area contributed by atoms with Gasteiger partial charge >= 0.3 is 18.0 Å². The summed E-state index contributed by atoms with van der Waals surface area (Å²) in [5.74, 6) is -3.61. The van der Waals surface area contributed by atoms with Crippen LogP contribution in [0.4, 0.5) is 10.5 Å². The van der Waals surface area contributed by atoms with Crippen molar-refractivity contribution in [2.45, 2.75) is 71.4 Å². The summed E-state index contributed by atoms with van der Waals surface area (Å²) < 4.78 is 17.2. The predicted molar refractivity (Wildman–Crippen MR) is 175 cm³/mol. The molecule has 2 aliphatic rings. The third-order valence-electron chi connectivity index (χ3n) is 8.73. The summed E-state index contributed by atoms with van der Waals surface area (Å²) in [5.41, 5.74) is -0.547. The summed E-state index contributed by atoms with van der Waals surface area (Å²) in [6.07, 6.45) is 0.108. The Morgan fingerprint density at radius 3 is 2.17 bits per heavy atom. The fraction of sp³-hybridized carbons (Fsp3) is 0.576. The quantitative estimate of drug-likeness (QED) is 0.251. The van der Waals surface area contributed by atoms with Crippen molar-refractivity contribution in [2.24, 2.45) is 0 Å². The zero-order chi connectivity index (χ0) is 35.0. The average Bonchev–Trinajstić information content (AvgIpc) is 3.05. The fourth-order valence-corrected chi connectivity index (χ4v) is 5.87. The molecule has 1 aromatic heterocycles. The van der Waals surface area contributed by atoms with E-state index in [0.29, 0.717) is 30.4 Å². The topological polar surface area (TPSA) is 188 Å². The van der Waals surface area contributed by atoms with E-state index in [9.17, 15) is 34.2 Å². The van der Waals surface area contributed by atoms with Crippen LogP contribution in [0.1, 0.15) is 70.3 Å². The molecule has 48 heavy (non-hydrogen) atoms. The molecule has 0 spiro atoms.